The first kappa shape index (κ1) is 12.7. The highest BCUT2D eigenvalue weighted by Crippen LogP contribution is 2.41. The topological polar surface area (TPSA) is 44.5 Å². The molecule has 16 heavy (non-hydrogen) atoms. The Hall–Kier alpha value is -1.33. The summed E-state index contributed by atoms with van der Waals surface area (Å²) in [5, 5.41) is 0. The first-order valence-corrected chi connectivity index (χ1v) is 4.30. The third kappa shape index (κ3) is 2.25. The molecule has 2 rings (SSSR count). The van der Waals surface area contributed by atoms with E-state index in [9.17, 15) is 8.78 Å². The van der Waals surface area contributed by atoms with E-state index < -0.39 is 12.3 Å². The number of benzene rings is 1. The van der Waals surface area contributed by atoms with E-state index >= 15 is 0 Å². The number of hydrogen-bond acceptors (Lipinski definition) is 3. The Bertz CT molecular complexity index is 412. The lowest BCUT2D eigenvalue weighted by Crippen LogP contribution is -2.25. The van der Waals surface area contributed by atoms with Gasteiger partial charge in [0.2, 0.25) is 0 Å². The summed E-state index contributed by atoms with van der Waals surface area (Å²) in [5.41, 5.74) is 6.30. The summed E-state index contributed by atoms with van der Waals surface area (Å²) in [6.45, 7) is 3.51. The molecule has 0 aliphatic carbocycles. The lowest BCUT2D eigenvalue weighted by molar-refractivity contribution is -0.286. The average molecular weight is 250 g/mol. The quantitative estimate of drug-likeness (QED) is 0.820. The van der Waals surface area contributed by atoms with Crippen LogP contribution in [-0.2, 0) is 0 Å². The molecule has 88 valence electrons. The number of hydrogen-bond donors (Lipinski definition) is 1. The zero-order chi connectivity index (χ0) is 11.1. The summed E-state index contributed by atoms with van der Waals surface area (Å²) >= 11 is 0. The summed E-state index contributed by atoms with van der Waals surface area (Å²) in [7, 11) is 0. The molecular formula is C10H10ClF2NO2. The minimum absolute atomic E-state index is 0. The molecule has 3 nitrogen and oxygen atoms in total. The number of ether oxygens (including phenoxy) is 2. The zero-order valence-corrected chi connectivity index (χ0v) is 8.97. The second-order valence-corrected chi connectivity index (χ2v) is 3.14. The van der Waals surface area contributed by atoms with Crippen LogP contribution in [0.2, 0.25) is 0 Å². The molecule has 0 bridgehead atoms. The molecule has 2 N–H and O–H groups in total. The first-order chi connectivity index (χ1) is 7.02. The lowest BCUT2D eigenvalue weighted by atomic mass is 10.1. The normalized spacial score (nSPS) is 17.4. The van der Waals surface area contributed by atoms with Gasteiger partial charge in [0.15, 0.2) is 11.5 Å². The van der Waals surface area contributed by atoms with E-state index in [1.807, 2.05) is 0 Å². The molecule has 1 aliphatic heterocycles. The highest BCUT2D eigenvalue weighted by Gasteiger charge is 2.43. The van der Waals surface area contributed by atoms with Crippen molar-refractivity contribution in [1.82, 2.24) is 0 Å². The number of halogens is 3. The molecule has 1 aromatic rings. The van der Waals surface area contributed by atoms with Gasteiger partial charge in [-0.1, -0.05) is 12.1 Å². The van der Waals surface area contributed by atoms with Crippen molar-refractivity contribution < 1.29 is 18.3 Å². The van der Waals surface area contributed by atoms with E-state index in [0.717, 1.165) is 0 Å². The predicted octanol–water partition coefficient (Wildman–Crippen LogP) is 2.62. The summed E-state index contributed by atoms with van der Waals surface area (Å²) in [5.74, 6) is 0.00909. The molecule has 0 fully saturated rings. The van der Waals surface area contributed by atoms with E-state index in [2.05, 4.69) is 16.1 Å². The fourth-order valence-corrected chi connectivity index (χ4v) is 1.31. The van der Waals surface area contributed by atoms with Crippen LogP contribution in [0.1, 0.15) is 11.6 Å². The molecule has 1 aliphatic rings. The third-order valence-corrected chi connectivity index (χ3v) is 2.06. The van der Waals surface area contributed by atoms with Gasteiger partial charge >= 0.3 is 6.29 Å². The van der Waals surface area contributed by atoms with Gasteiger partial charge in [-0.15, -0.1) is 27.8 Å². The number of alkyl halides is 2. The maximum absolute atomic E-state index is 12.7. The monoisotopic (exact) mass is 249 g/mol. The van der Waals surface area contributed by atoms with Crippen molar-refractivity contribution in [3.8, 4) is 11.5 Å². The molecule has 0 saturated carbocycles. The van der Waals surface area contributed by atoms with E-state index in [0.29, 0.717) is 5.56 Å². The Morgan fingerprint density at radius 2 is 1.94 bits per heavy atom. The molecule has 1 heterocycles. The van der Waals surface area contributed by atoms with Gasteiger partial charge in [-0.3, -0.25) is 0 Å². The Labute approximate surface area is 97.2 Å². The number of rotatable bonds is 2. The van der Waals surface area contributed by atoms with Crippen molar-refractivity contribution in [3.05, 3.63) is 36.4 Å². The van der Waals surface area contributed by atoms with Gasteiger partial charge in [-0.2, -0.15) is 0 Å². The minimum atomic E-state index is -3.58. The second kappa shape index (κ2) is 4.27. The van der Waals surface area contributed by atoms with Crippen molar-refractivity contribution in [2.75, 3.05) is 0 Å². The fourth-order valence-electron chi connectivity index (χ4n) is 1.31. The highest BCUT2D eigenvalue weighted by molar-refractivity contribution is 5.85. The van der Waals surface area contributed by atoms with Crippen LogP contribution in [-0.4, -0.2) is 6.29 Å². The lowest BCUT2D eigenvalue weighted by Gasteiger charge is -2.06. The van der Waals surface area contributed by atoms with Crippen LogP contribution < -0.4 is 15.2 Å². The standard InChI is InChI=1S/C10H9F2NO2.ClH/c1-2-7(13)6-3-4-8-9(5-6)15-10(11,12)14-8;/h2-5,7H,1,13H2;1H. The van der Waals surface area contributed by atoms with Crippen LogP contribution in [0.4, 0.5) is 8.78 Å². The highest BCUT2D eigenvalue weighted by atomic mass is 35.5. The van der Waals surface area contributed by atoms with Gasteiger partial charge in [0.25, 0.3) is 0 Å². The van der Waals surface area contributed by atoms with Crippen LogP contribution in [0.25, 0.3) is 0 Å². The van der Waals surface area contributed by atoms with Gasteiger partial charge in [-0.25, -0.2) is 0 Å². The summed E-state index contributed by atoms with van der Waals surface area (Å²) in [6.07, 6.45) is -2.07. The van der Waals surface area contributed by atoms with E-state index in [1.165, 1.54) is 18.2 Å². The smallest absolute Gasteiger partial charge is 0.395 e. The van der Waals surface area contributed by atoms with Crippen molar-refractivity contribution in [2.45, 2.75) is 12.3 Å². The third-order valence-electron chi connectivity index (χ3n) is 2.06. The molecule has 0 saturated heterocycles. The van der Waals surface area contributed by atoms with Crippen molar-refractivity contribution >= 4 is 12.4 Å². The molecule has 1 unspecified atom stereocenters. The molecule has 0 amide bonds. The van der Waals surface area contributed by atoms with Crippen LogP contribution in [0, 0.1) is 0 Å². The molecule has 0 aromatic heterocycles. The summed E-state index contributed by atoms with van der Waals surface area (Å²) in [6, 6.07) is 4.00. The molecule has 6 heteroatoms. The largest absolute Gasteiger partial charge is 0.586 e. The van der Waals surface area contributed by atoms with Gasteiger partial charge < -0.3 is 15.2 Å². The summed E-state index contributed by atoms with van der Waals surface area (Å²) in [4.78, 5) is 0. The zero-order valence-electron chi connectivity index (χ0n) is 8.15. The molecule has 0 spiro atoms. The molecule has 1 atom stereocenters. The molecular weight excluding hydrogens is 240 g/mol. The minimum Gasteiger partial charge on any atom is -0.395 e. The Morgan fingerprint density at radius 1 is 1.31 bits per heavy atom. The van der Waals surface area contributed by atoms with E-state index in [-0.39, 0.29) is 23.9 Å². The Morgan fingerprint density at radius 3 is 2.56 bits per heavy atom. The molecule has 1 aromatic carbocycles. The second-order valence-electron chi connectivity index (χ2n) is 3.14. The first-order valence-electron chi connectivity index (χ1n) is 4.30. The predicted molar refractivity (Wildman–Crippen MR) is 57.0 cm³/mol. The SMILES string of the molecule is C=CC(N)c1ccc2c(c1)OC(F)(F)O2.Cl. The van der Waals surface area contributed by atoms with E-state index in [1.54, 1.807) is 6.07 Å². The maximum Gasteiger partial charge on any atom is 0.586 e. The van der Waals surface area contributed by atoms with Crippen LogP contribution in [0.3, 0.4) is 0 Å². The van der Waals surface area contributed by atoms with Gasteiger partial charge in [-0.05, 0) is 17.7 Å². The maximum atomic E-state index is 12.7. The van der Waals surface area contributed by atoms with Crippen molar-refractivity contribution in [2.24, 2.45) is 5.73 Å². The van der Waals surface area contributed by atoms with Crippen LogP contribution >= 0.6 is 12.4 Å². The van der Waals surface area contributed by atoms with Gasteiger partial charge in [0, 0.05) is 6.04 Å². The molecule has 0 radical (unpaired) electrons. The van der Waals surface area contributed by atoms with E-state index in [4.69, 9.17) is 5.73 Å². The number of nitrogens with two attached hydrogens (primary N) is 1. The van der Waals surface area contributed by atoms with Crippen LogP contribution in [0.15, 0.2) is 30.9 Å². The van der Waals surface area contributed by atoms with Crippen LogP contribution in [0.5, 0.6) is 11.5 Å². The van der Waals surface area contributed by atoms with Gasteiger partial charge in [0.1, 0.15) is 0 Å². The average Bonchev–Trinajstić information content (AvgIpc) is 2.49. The van der Waals surface area contributed by atoms with Crippen molar-refractivity contribution in [1.29, 1.82) is 0 Å². The Kier molecular flexibility index (Phi) is 3.40. The summed E-state index contributed by atoms with van der Waals surface area (Å²) < 4.78 is 33.8. The fraction of sp³-hybridized carbons (Fsp3) is 0.200. The van der Waals surface area contributed by atoms with Crippen molar-refractivity contribution in [3.63, 3.8) is 0 Å². The Balaban J connectivity index is 0.00000128. The van der Waals surface area contributed by atoms with Gasteiger partial charge in [0.05, 0.1) is 0 Å². The number of fused-ring (bicyclic) bond motifs is 1.